The molecule has 0 aliphatic carbocycles. The Morgan fingerprint density at radius 2 is 1.88 bits per heavy atom. The molecule has 0 atom stereocenters. The van der Waals surface area contributed by atoms with Gasteiger partial charge in [-0.05, 0) is 29.8 Å². The number of nitrogens with zero attached hydrogens (tertiary/aromatic N) is 1. The van der Waals surface area contributed by atoms with Crippen molar-refractivity contribution in [3.05, 3.63) is 53.7 Å². The van der Waals surface area contributed by atoms with Gasteiger partial charge in [0.2, 0.25) is 5.95 Å². The lowest BCUT2D eigenvalue weighted by Crippen LogP contribution is -1.93. The molecule has 0 saturated heterocycles. The van der Waals surface area contributed by atoms with Crippen molar-refractivity contribution in [1.29, 1.82) is 0 Å². The van der Waals surface area contributed by atoms with Crippen LogP contribution < -0.4 is 0 Å². The van der Waals surface area contributed by atoms with Crippen molar-refractivity contribution in [3.63, 3.8) is 0 Å². The molecule has 1 aromatic carbocycles. The van der Waals surface area contributed by atoms with Gasteiger partial charge in [-0.25, -0.2) is 9.37 Å². The van der Waals surface area contributed by atoms with Gasteiger partial charge < -0.3 is 0 Å². The maximum atomic E-state index is 13.4. The number of pyridine rings is 1. The molecular formula is C12H8ClF2N. The molecule has 1 aromatic heterocycles. The number of aromatic nitrogens is 1. The van der Waals surface area contributed by atoms with Crippen molar-refractivity contribution < 1.29 is 8.78 Å². The van der Waals surface area contributed by atoms with E-state index in [0.29, 0.717) is 5.56 Å². The van der Waals surface area contributed by atoms with Crippen molar-refractivity contribution in [2.75, 3.05) is 0 Å². The van der Waals surface area contributed by atoms with Crippen LogP contribution in [0.25, 0.3) is 11.3 Å². The fraction of sp³-hybridized carbons (Fsp3) is 0.0833. The molecule has 2 aromatic rings. The normalized spacial score (nSPS) is 10.4. The number of hydrogen-bond donors (Lipinski definition) is 0. The molecule has 1 heterocycles. The van der Waals surface area contributed by atoms with Crippen LogP contribution in [-0.4, -0.2) is 4.98 Å². The Hall–Kier alpha value is -1.48. The average Bonchev–Trinajstić information content (AvgIpc) is 2.28. The summed E-state index contributed by atoms with van der Waals surface area (Å²) in [6.45, 7) is 0. The first-order valence-electron chi connectivity index (χ1n) is 4.68. The Balaban J connectivity index is 2.56. The molecule has 0 unspecified atom stereocenters. The van der Waals surface area contributed by atoms with E-state index in [1.807, 2.05) is 0 Å². The largest absolute Gasteiger partial charge is 0.220 e. The summed E-state index contributed by atoms with van der Waals surface area (Å²) in [5.74, 6) is -0.918. The van der Waals surface area contributed by atoms with E-state index in [4.69, 9.17) is 11.6 Å². The predicted molar refractivity (Wildman–Crippen MR) is 59.1 cm³/mol. The Morgan fingerprint density at radius 3 is 2.56 bits per heavy atom. The van der Waals surface area contributed by atoms with Gasteiger partial charge in [-0.15, -0.1) is 11.6 Å². The standard InChI is InChI=1S/C12H8ClF2N/c13-7-8-5-11(16-12(15)6-8)9-3-1-2-4-10(9)14/h1-6H,7H2. The number of alkyl halides is 1. The summed E-state index contributed by atoms with van der Waals surface area (Å²) in [7, 11) is 0. The van der Waals surface area contributed by atoms with Crippen LogP contribution in [0.3, 0.4) is 0 Å². The molecule has 0 fully saturated rings. The smallest absolute Gasteiger partial charge is 0.213 e. The lowest BCUT2D eigenvalue weighted by atomic mass is 10.1. The number of benzene rings is 1. The summed E-state index contributed by atoms with van der Waals surface area (Å²) in [4.78, 5) is 3.65. The van der Waals surface area contributed by atoms with E-state index in [9.17, 15) is 8.78 Å². The number of rotatable bonds is 2. The van der Waals surface area contributed by atoms with Crippen molar-refractivity contribution in [1.82, 2.24) is 4.98 Å². The first-order valence-corrected chi connectivity index (χ1v) is 5.21. The summed E-state index contributed by atoms with van der Waals surface area (Å²) in [6, 6.07) is 8.91. The number of halogens is 3. The molecule has 0 N–H and O–H groups in total. The van der Waals surface area contributed by atoms with Crippen molar-refractivity contribution in [2.45, 2.75) is 5.88 Å². The zero-order valence-electron chi connectivity index (χ0n) is 8.25. The summed E-state index contributed by atoms with van der Waals surface area (Å²) in [6.07, 6.45) is 0. The van der Waals surface area contributed by atoms with Crippen LogP contribution in [0.2, 0.25) is 0 Å². The number of hydrogen-bond acceptors (Lipinski definition) is 1. The van der Waals surface area contributed by atoms with Gasteiger partial charge in [0, 0.05) is 11.4 Å². The topological polar surface area (TPSA) is 12.9 Å². The van der Waals surface area contributed by atoms with E-state index in [2.05, 4.69) is 4.98 Å². The fourth-order valence-corrected chi connectivity index (χ4v) is 1.59. The maximum Gasteiger partial charge on any atom is 0.213 e. The molecule has 0 aliphatic rings. The highest BCUT2D eigenvalue weighted by Gasteiger charge is 2.08. The van der Waals surface area contributed by atoms with E-state index in [1.165, 1.54) is 12.1 Å². The molecule has 82 valence electrons. The summed E-state index contributed by atoms with van der Waals surface area (Å²) < 4.78 is 26.6. The lowest BCUT2D eigenvalue weighted by Gasteiger charge is -2.04. The summed E-state index contributed by atoms with van der Waals surface area (Å²) in [5.41, 5.74) is 1.11. The highest BCUT2D eigenvalue weighted by molar-refractivity contribution is 6.17. The van der Waals surface area contributed by atoms with Crippen LogP contribution in [0.15, 0.2) is 36.4 Å². The monoisotopic (exact) mass is 239 g/mol. The Kier molecular flexibility index (Phi) is 3.15. The van der Waals surface area contributed by atoms with Gasteiger partial charge in [-0.1, -0.05) is 12.1 Å². The molecule has 4 heteroatoms. The van der Waals surface area contributed by atoms with Crippen molar-refractivity contribution in [3.8, 4) is 11.3 Å². The lowest BCUT2D eigenvalue weighted by molar-refractivity contribution is 0.582. The van der Waals surface area contributed by atoms with Crippen LogP contribution in [0.5, 0.6) is 0 Å². The Labute approximate surface area is 96.7 Å². The van der Waals surface area contributed by atoms with Crippen LogP contribution in [0.4, 0.5) is 8.78 Å². The minimum atomic E-state index is -0.656. The first kappa shape index (κ1) is 11.0. The van der Waals surface area contributed by atoms with Gasteiger partial charge >= 0.3 is 0 Å². The first-order chi connectivity index (χ1) is 7.70. The van der Waals surface area contributed by atoms with Crippen LogP contribution >= 0.6 is 11.6 Å². The van der Waals surface area contributed by atoms with Gasteiger partial charge in [0.05, 0.1) is 5.69 Å². The van der Waals surface area contributed by atoms with Gasteiger partial charge in [-0.3, -0.25) is 0 Å². The molecule has 2 rings (SSSR count). The van der Waals surface area contributed by atoms with E-state index in [0.717, 1.165) is 0 Å². The Bertz CT molecular complexity index is 514. The van der Waals surface area contributed by atoms with E-state index in [-0.39, 0.29) is 17.1 Å². The van der Waals surface area contributed by atoms with Gasteiger partial charge in [0.1, 0.15) is 5.82 Å². The quantitative estimate of drug-likeness (QED) is 0.574. The minimum absolute atomic E-state index is 0.168. The Morgan fingerprint density at radius 1 is 1.12 bits per heavy atom. The molecular weight excluding hydrogens is 232 g/mol. The third-order valence-corrected chi connectivity index (χ3v) is 2.47. The van der Waals surface area contributed by atoms with E-state index in [1.54, 1.807) is 24.3 Å². The summed E-state index contributed by atoms with van der Waals surface area (Å²) in [5, 5.41) is 0. The van der Waals surface area contributed by atoms with Gasteiger partial charge in [0.15, 0.2) is 0 Å². The fourth-order valence-electron chi connectivity index (χ4n) is 1.43. The molecule has 1 nitrogen and oxygen atoms in total. The third-order valence-electron chi connectivity index (χ3n) is 2.16. The highest BCUT2D eigenvalue weighted by Crippen LogP contribution is 2.22. The predicted octanol–water partition coefficient (Wildman–Crippen LogP) is 3.77. The molecule has 0 bridgehead atoms. The highest BCUT2D eigenvalue weighted by atomic mass is 35.5. The molecule has 0 radical (unpaired) electrons. The van der Waals surface area contributed by atoms with Gasteiger partial charge in [-0.2, -0.15) is 4.39 Å². The van der Waals surface area contributed by atoms with Crippen LogP contribution in [-0.2, 0) is 5.88 Å². The summed E-state index contributed by atoms with van der Waals surface area (Å²) >= 11 is 5.61. The average molecular weight is 240 g/mol. The van der Waals surface area contributed by atoms with Crippen molar-refractivity contribution >= 4 is 11.6 Å². The molecule has 0 amide bonds. The second kappa shape index (κ2) is 4.58. The molecule has 0 saturated carbocycles. The maximum absolute atomic E-state index is 13.4. The molecule has 0 aliphatic heterocycles. The van der Waals surface area contributed by atoms with Crippen LogP contribution in [0, 0.1) is 11.8 Å². The van der Waals surface area contributed by atoms with E-state index >= 15 is 0 Å². The SMILES string of the molecule is Fc1cc(CCl)cc(-c2ccccc2F)n1. The third kappa shape index (κ3) is 2.19. The molecule has 16 heavy (non-hydrogen) atoms. The van der Waals surface area contributed by atoms with Crippen molar-refractivity contribution in [2.24, 2.45) is 0 Å². The molecule has 0 spiro atoms. The second-order valence-electron chi connectivity index (χ2n) is 3.30. The zero-order valence-corrected chi connectivity index (χ0v) is 9.01. The zero-order chi connectivity index (χ0) is 11.5. The van der Waals surface area contributed by atoms with Crippen LogP contribution in [0.1, 0.15) is 5.56 Å². The minimum Gasteiger partial charge on any atom is -0.220 e. The second-order valence-corrected chi connectivity index (χ2v) is 3.56. The van der Waals surface area contributed by atoms with E-state index < -0.39 is 11.8 Å². The van der Waals surface area contributed by atoms with Gasteiger partial charge in [0.25, 0.3) is 0 Å².